The fraction of sp³-hybridized carbons (Fsp3) is 0.0909. The number of anilines is 1. The van der Waals surface area contributed by atoms with E-state index in [1.165, 1.54) is 12.3 Å². The van der Waals surface area contributed by atoms with Crippen LogP contribution >= 0.6 is 11.3 Å². The molecular weight excluding hydrogens is 414 g/mol. The lowest BCUT2D eigenvalue weighted by atomic mass is 10.2. The van der Waals surface area contributed by atoms with Gasteiger partial charge in [-0.2, -0.15) is 5.26 Å². The van der Waals surface area contributed by atoms with Gasteiger partial charge < -0.3 is 13.7 Å². The molecule has 154 valence electrons. The molecule has 1 aromatic carbocycles. The zero-order valence-corrected chi connectivity index (χ0v) is 17.3. The summed E-state index contributed by atoms with van der Waals surface area (Å²) < 4.78 is 12.6. The SMILES string of the molecule is CCOc1ccc(-n2cccc2/C=C(/C#N)C(=O)Nc2nnc(-c3ccco3)s2)cc1. The van der Waals surface area contributed by atoms with Gasteiger partial charge in [-0.3, -0.25) is 10.1 Å². The predicted octanol–water partition coefficient (Wildman–Crippen LogP) is 4.53. The largest absolute Gasteiger partial charge is 0.494 e. The van der Waals surface area contributed by atoms with Crippen molar-refractivity contribution >= 4 is 28.5 Å². The normalized spacial score (nSPS) is 11.2. The average Bonchev–Trinajstić information content (AvgIpc) is 3.54. The molecule has 0 fully saturated rings. The van der Waals surface area contributed by atoms with Gasteiger partial charge in [0, 0.05) is 17.6 Å². The van der Waals surface area contributed by atoms with Gasteiger partial charge in [0.2, 0.25) is 5.13 Å². The van der Waals surface area contributed by atoms with E-state index < -0.39 is 5.91 Å². The quantitative estimate of drug-likeness (QED) is 0.340. The summed E-state index contributed by atoms with van der Waals surface area (Å²) in [5.41, 5.74) is 1.51. The number of amides is 1. The molecule has 0 saturated carbocycles. The first-order valence-electron chi connectivity index (χ1n) is 9.39. The highest BCUT2D eigenvalue weighted by Crippen LogP contribution is 2.27. The summed E-state index contributed by atoms with van der Waals surface area (Å²) >= 11 is 1.16. The first kappa shape index (κ1) is 20.1. The van der Waals surface area contributed by atoms with E-state index in [9.17, 15) is 10.1 Å². The van der Waals surface area contributed by atoms with Crippen molar-refractivity contribution in [3.63, 3.8) is 0 Å². The Labute approximate surface area is 182 Å². The summed E-state index contributed by atoms with van der Waals surface area (Å²) in [6.45, 7) is 2.52. The van der Waals surface area contributed by atoms with E-state index in [4.69, 9.17) is 9.15 Å². The second-order valence-corrected chi connectivity index (χ2v) is 7.22. The third-order valence-corrected chi connectivity index (χ3v) is 5.09. The molecule has 4 aromatic rings. The molecule has 9 heteroatoms. The number of hydrogen-bond donors (Lipinski definition) is 1. The van der Waals surface area contributed by atoms with Gasteiger partial charge in [0.15, 0.2) is 10.8 Å². The van der Waals surface area contributed by atoms with E-state index in [0.717, 1.165) is 22.8 Å². The zero-order chi connectivity index (χ0) is 21.6. The molecule has 1 amide bonds. The standard InChI is InChI=1S/C22H17N5O3S/c1-2-29-18-9-7-16(8-10-18)27-11-3-5-17(27)13-15(14-23)20(28)24-22-26-25-21(31-22)19-6-4-12-30-19/h3-13H,2H2,1H3,(H,24,26,28)/b15-13-. The summed E-state index contributed by atoms with van der Waals surface area (Å²) in [5, 5.41) is 20.9. The topological polar surface area (TPSA) is 106 Å². The number of nitrogens with one attached hydrogen (secondary N) is 1. The molecule has 0 radical (unpaired) electrons. The molecule has 0 aliphatic carbocycles. The molecule has 8 nitrogen and oxygen atoms in total. The van der Waals surface area contributed by atoms with Gasteiger partial charge in [0.05, 0.1) is 12.9 Å². The van der Waals surface area contributed by atoms with Crippen LogP contribution in [-0.4, -0.2) is 27.3 Å². The monoisotopic (exact) mass is 431 g/mol. The van der Waals surface area contributed by atoms with Crippen molar-refractivity contribution in [1.29, 1.82) is 5.26 Å². The van der Waals surface area contributed by atoms with E-state index in [-0.39, 0.29) is 10.7 Å². The minimum absolute atomic E-state index is 0.0550. The summed E-state index contributed by atoms with van der Waals surface area (Å²) in [7, 11) is 0. The molecule has 0 unspecified atom stereocenters. The first-order valence-corrected chi connectivity index (χ1v) is 10.2. The Morgan fingerprint density at radius 2 is 2.10 bits per heavy atom. The third kappa shape index (κ3) is 4.55. The van der Waals surface area contributed by atoms with E-state index in [1.807, 2.05) is 60.2 Å². The van der Waals surface area contributed by atoms with Crippen LogP contribution in [0.3, 0.4) is 0 Å². The summed E-state index contributed by atoms with van der Waals surface area (Å²) in [5.74, 6) is 0.768. The van der Waals surface area contributed by atoms with Crippen molar-refractivity contribution in [2.75, 3.05) is 11.9 Å². The number of benzene rings is 1. The highest BCUT2D eigenvalue weighted by atomic mass is 32.1. The van der Waals surface area contributed by atoms with E-state index in [0.29, 0.717) is 23.1 Å². The van der Waals surface area contributed by atoms with Crippen LogP contribution < -0.4 is 10.1 Å². The van der Waals surface area contributed by atoms with Crippen LogP contribution in [0.1, 0.15) is 12.6 Å². The Morgan fingerprint density at radius 3 is 2.81 bits per heavy atom. The lowest BCUT2D eigenvalue weighted by molar-refractivity contribution is -0.112. The lowest BCUT2D eigenvalue weighted by Gasteiger charge is -2.09. The second kappa shape index (κ2) is 9.11. The lowest BCUT2D eigenvalue weighted by Crippen LogP contribution is -2.13. The molecule has 3 heterocycles. The minimum atomic E-state index is -0.566. The van der Waals surface area contributed by atoms with Gasteiger partial charge in [-0.15, -0.1) is 10.2 Å². The number of nitrogens with zero attached hydrogens (tertiary/aromatic N) is 4. The van der Waals surface area contributed by atoms with Crippen LogP contribution in [0.2, 0.25) is 0 Å². The number of furan rings is 1. The fourth-order valence-electron chi connectivity index (χ4n) is 2.85. The highest BCUT2D eigenvalue weighted by molar-refractivity contribution is 7.18. The van der Waals surface area contributed by atoms with Crippen molar-refractivity contribution in [3.05, 3.63) is 72.3 Å². The molecule has 31 heavy (non-hydrogen) atoms. The molecule has 0 spiro atoms. The van der Waals surface area contributed by atoms with Crippen LogP contribution in [-0.2, 0) is 4.79 Å². The molecule has 4 rings (SSSR count). The number of aromatic nitrogens is 3. The summed E-state index contributed by atoms with van der Waals surface area (Å²) in [4.78, 5) is 12.6. The van der Waals surface area contributed by atoms with Gasteiger partial charge >= 0.3 is 0 Å². The maximum Gasteiger partial charge on any atom is 0.268 e. The van der Waals surface area contributed by atoms with Crippen molar-refractivity contribution < 1.29 is 13.9 Å². The Bertz CT molecular complexity index is 1250. The Hall–Kier alpha value is -4.16. The molecular formula is C22H17N5O3S. The van der Waals surface area contributed by atoms with Crippen molar-refractivity contribution in [2.45, 2.75) is 6.92 Å². The molecule has 1 N–H and O–H groups in total. The predicted molar refractivity (Wildman–Crippen MR) is 117 cm³/mol. The molecule has 0 aliphatic heterocycles. The Morgan fingerprint density at radius 1 is 1.26 bits per heavy atom. The van der Waals surface area contributed by atoms with Crippen molar-refractivity contribution in [2.24, 2.45) is 0 Å². The summed E-state index contributed by atoms with van der Waals surface area (Å²) in [6, 6.07) is 16.7. The third-order valence-electron chi connectivity index (χ3n) is 4.24. The highest BCUT2D eigenvalue weighted by Gasteiger charge is 2.15. The number of hydrogen-bond acceptors (Lipinski definition) is 7. The van der Waals surface area contributed by atoms with Crippen molar-refractivity contribution in [1.82, 2.24) is 14.8 Å². The van der Waals surface area contributed by atoms with Gasteiger partial charge in [-0.05, 0) is 61.5 Å². The Balaban J connectivity index is 1.53. The maximum absolute atomic E-state index is 12.6. The molecule has 3 aromatic heterocycles. The van der Waals surface area contributed by atoms with Crippen LogP contribution in [0, 0.1) is 11.3 Å². The van der Waals surface area contributed by atoms with Gasteiger partial charge in [0.25, 0.3) is 5.91 Å². The number of ether oxygens (including phenoxy) is 1. The number of carbonyl (C=O) groups is 1. The number of carbonyl (C=O) groups excluding carboxylic acids is 1. The summed E-state index contributed by atoms with van der Waals surface area (Å²) in [6.07, 6.45) is 4.92. The van der Waals surface area contributed by atoms with Gasteiger partial charge in [0.1, 0.15) is 17.4 Å². The van der Waals surface area contributed by atoms with Crippen LogP contribution in [0.15, 0.2) is 71.0 Å². The molecule has 0 bridgehead atoms. The zero-order valence-electron chi connectivity index (χ0n) is 16.5. The fourth-order valence-corrected chi connectivity index (χ4v) is 3.56. The van der Waals surface area contributed by atoms with Crippen LogP contribution in [0.4, 0.5) is 5.13 Å². The number of nitriles is 1. The second-order valence-electron chi connectivity index (χ2n) is 6.24. The smallest absolute Gasteiger partial charge is 0.268 e. The van der Waals surface area contributed by atoms with Crippen molar-refractivity contribution in [3.8, 4) is 28.3 Å². The van der Waals surface area contributed by atoms with E-state index in [1.54, 1.807) is 12.1 Å². The average molecular weight is 431 g/mol. The maximum atomic E-state index is 12.6. The van der Waals surface area contributed by atoms with Crippen LogP contribution in [0.25, 0.3) is 22.5 Å². The molecule has 0 atom stereocenters. The first-order chi connectivity index (χ1) is 15.2. The molecule has 0 aliphatic rings. The Kier molecular flexibility index (Phi) is 5.91. The minimum Gasteiger partial charge on any atom is -0.494 e. The number of rotatable bonds is 7. The van der Waals surface area contributed by atoms with Gasteiger partial charge in [-0.1, -0.05) is 11.3 Å². The molecule has 0 saturated heterocycles. The van der Waals surface area contributed by atoms with Gasteiger partial charge in [-0.25, -0.2) is 0 Å². The van der Waals surface area contributed by atoms with E-state index in [2.05, 4.69) is 15.5 Å². The van der Waals surface area contributed by atoms with E-state index >= 15 is 0 Å². The van der Waals surface area contributed by atoms with Crippen LogP contribution in [0.5, 0.6) is 5.75 Å².